The molecule has 0 aliphatic rings. The van der Waals surface area contributed by atoms with Gasteiger partial charge in [-0.25, -0.2) is 9.78 Å². The van der Waals surface area contributed by atoms with Gasteiger partial charge in [-0.3, -0.25) is 0 Å². The Balaban J connectivity index is 2.21. The first-order valence-electron chi connectivity index (χ1n) is 7.24. The molecule has 0 atom stereocenters. The van der Waals surface area contributed by atoms with Crippen LogP contribution in [0.4, 0.5) is 5.82 Å². The molecule has 0 amide bonds. The number of rotatable bonds is 7. The van der Waals surface area contributed by atoms with Gasteiger partial charge < -0.3 is 15.3 Å². The van der Waals surface area contributed by atoms with E-state index >= 15 is 0 Å². The molecule has 1 aromatic heterocycles. The van der Waals surface area contributed by atoms with Gasteiger partial charge in [-0.1, -0.05) is 38.1 Å². The number of nitrogens with zero attached hydrogens (tertiary/aromatic N) is 2. The first-order valence-corrected chi connectivity index (χ1v) is 7.24. The van der Waals surface area contributed by atoms with Crippen LogP contribution in [0.2, 0.25) is 0 Å². The molecule has 0 fully saturated rings. The van der Waals surface area contributed by atoms with Crippen LogP contribution in [0.5, 0.6) is 0 Å². The van der Waals surface area contributed by atoms with Crippen molar-refractivity contribution in [1.29, 1.82) is 0 Å². The smallest absolute Gasteiger partial charge is 0.337 e. The van der Waals surface area contributed by atoms with Crippen LogP contribution in [-0.2, 0) is 0 Å². The number of anilines is 1. The summed E-state index contributed by atoms with van der Waals surface area (Å²) in [6, 6.07) is 7.45. The fourth-order valence-corrected chi connectivity index (χ4v) is 2.38. The number of carbonyl (C=O) groups is 1. The fraction of sp³-hybridized carbons (Fsp3) is 0.375. The van der Waals surface area contributed by atoms with E-state index in [0.717, 1.165) is 37.4 Å². The number of benzene rings is 1. The lowest BCUT2D eigenvalue weighted by Crippen LogP contribution is -2.28. The van der Waals surface area contributed by atoms with Crippen LogP contribution in [-0.4, -0.2) is 47.1 Å². The number of fused-ring (bicyclic) bond motifs is 1. The van der Waals surface area contributed by atoms with Gasteiger partial charge in [-0.15, -0.1) is 0 Å². The summed E-state index contributed by atoms with van der Waals surface area (Å²) >= 11 is 0. The van der Waals surface area contributed by atoms with Crippen LogP contribution in [0, 0.1) is 0 Å². The first-order chi connectivity index (χ1) is 10.2. The maximum absolute atomic E-state index is 11.2. The van der Waals surface area contributed by atoms with Gasteiger partial charge in [0.1, 0.15) is 5.82 Å². The lowest BCUT2D eigenvalue weighted by Gasteiger charge is -2.18. The van der Waals surface area contributed by atoms with E-state index in [1.165, 1.54) is 6.20 Å². The summed E-state index contributed by atoms with van der Waals surface area (Å²) in [5.74, 6) is -0.212. The predicted molar refractivity (Wildman–Crippen MR) is 85.0 cm³/mol. The number of nitrogens with one attached hydrogen (secondary N) is 1. The van der Waals surface area contributed by atoms with E-state index in [1.807, 2.05) is 24.3 Å². The molecule has 0 saturated carbocycles. The average molecular weight is 287 g/mol. The molecule has 0 unspecified atom stereocenters. The van der Waals surface area contributed by atoms with Gasteiger partial charge in [0.15, 0.2) is 0 Å². The molecule has 5 nitrogen and oxygen atoms in total. The normalized spacial score (nSPS) is 11.0. The third-order valence-corrected chi connectivity index (χ3v) is 3.64. The largest absolute Gasteiger partial charge is 0.478 e. The van der Waals surface area contributed by atoms with E-state index in [-0.39, 0.29) is 5.56 Å². The average Bonchev–Trinajstić information content (AvgIpc) is 2.51. The van der Waals surface area contributed by atoms with Gasteiger partial charge >= 0.3 is 5.97 Å². The number of pyridine rings is 1. The molecule has 0 aliphatic carbocycles. The van der Waals surface area contributed by atoms with E-state index in [4.69, 9.17) is 0 Å². The van der Waals surface area contributed by atoms with Gasteiger partial charge in [-0.05, 0) is 13.1 Å². The number of carboxylic acids is 1. The number of likely N-dealkylation sites (N-methyl/N-ethyl adjacent to an activating group) is 1. The number of aromatic carboxylic acids is 1. The van der Waals surface area contributed by atoms with Gasteiger partial charge in [0.25, 0.3) is 0 Å². The van der Waals surface area contributed by atoms with E-state index in [1.54, 1.807) is 0 Å². The molecule has 1 heterocycles. The minimum atomic E-state index is -0.951. The molecule has 0 saturated heterocycles. The minimum absolute atomic E-state index is 0.236. The molecule has 5 heteroatoms. The SMILES string of the molecule is CCN(CC)CCNc1ncc(C(=O)O)c2ccccc12. The highest BCUT2D eigenvalue weighted by Gasteiger charge is 2.12. The molecule has 2 rings (SSSR count). The second-order valence-corrected chi connectivity index (χ2v) is 4.82. The highest BCUT2D eigenvalue weighted by Crippen LogP contribution is 2.24. The highest BCUT2D eigenvalue weighted by molar-refractivity contribution is 6.06. The molecule has 0 spiro atoms. The van der Waals surface area contributed by atoms with Crippen molar-refractivity contribution < 1.29 is 9.90 Å². The Morgan fingerprint density at radius 1 is 1.24 bits per heavy atom. The van der Waals surface area contributed by atoms with E-state index in [2.05, 4.69) is 29.0 Å². The van der Waals surface area contributed by atoms with Gasteiger partial charge in [-0.2, -0.15) is 0 Å². The quantitative estimate of drug-likeness (QED) is 0.819. The Bertz CT molecular complexity index is 624. The summed E-state index contributed by atoms with van der Waals surface area (Å²) < 4.78 is 0. The lowest BCUT2D eigenvalue weighted by molar-refractivity contribution is 0.0698. The second-order valence-electron chi connectivity index (χ2n) is 4.82. The van der Waals surface area contributed by atoms with Crippen LogP contribution >= 0.6 is 0 Å². The summed E-state index contributed by atoms with van der Waals surface area (Å²) in [5.41, 5.74) is 0.236. The fourth-order valence-electron chi connectivity index (χ4n) is 2.38. The molecule has 2 aromatic rings. The summed E-state index contributed by atoms with van der Waals surface area (Å²) in [6.45, 7) is 8.03. The van der Waals surface area contributed by atoms with Crippen molar-refractivity contribution in [2.75, 3.05) is 31.5 Å². The van der Waals surface area contributed by atoms with Crippen molar-refractivity contribution in [3.8, 4) is 0 Å². The lowest BCUT2D eigenvalue weighted by atomic mass is 10.1. The Kier molecular flexibility index (Phi) is 5.11. The number of aromatic nitrogens is 1. The van der Waals surface area contributed by atoms with Crippen LogP contribution in [0.3, 0.4) is 0 Å². The monoisotopic (exact) mass is 287 g/mol. The minimum Gasteiger partial charge on any atom is -0.478 e. The van der Waals surface area contributed by atoms with E-state index in [0.29, 0.717) is 5.39 Å². The van der Waals surface area contributed by atoms with Gasteiger partial charge in [0.2, 0.25) is 0 Å². The van der Waals surface area contributed by atoms with Crippen molar-refractivity contribution in [3.63, 3.8) is 0 Å². The van der Waals surface area contributed by atoms with Gasteiger partial charge in [0.05, 0.1) is 5.56 Å². The maximum Gasteiger partial charge on any atom is 0.337 e. The summed E-state index contributed by atoms with van der Waals surface area (Å²) in [7, 11) is 0. The molecule has 1 aromatic carbocycles. The van der Waals surface area contributed by atoms with Crippen LogP contribution in [0.25, 0.3) is 10.8 Å². The summed E-state index contributed by atoms with van der Waals surface area (Å²) in [4.78, 5) is 17.8. The Morgan fingerprint density at radius 3 is 2.52 bits per heavy atom. The van der Waals surface area contributed by atoms with Crippen molar-refractivity contribution in [3.05, 3.63) is 36.0 Å². The maximum atomic E-state index is 11.2. The third-order valence-electron chi connectivity index (χ3n) is 3.64. The molecule has 0 bridgehead atoms. The Hall–Kier alpha value is -2.14. The third kappa shape index (κ3) is 3.49. The van der Waals surface area contributed by atoms with Gasteiger partial charge in [0, 0.05) is 30.1 Å². The predicted octanol–water partition coefficient (Wildman–Crippen LogP) is 2.69. The standard InChI is InChI=1S/C16H21N3O2/c1-3-19(4-2)10-9-17-15-13-8-6-5-7-12(13)14(11-18-15)16(20)21/h5-8,11H,3-4,9-10H2,1-2H3,(H,17,18)(H,20,21). The van der Waals surface area contributed by atoms with Crippen molar-refractivity contribution in [2.45, 2.75) is 13.8 Å². The Labute approximate surface area is 124 Å². The Morgan fingerprint density at radius 2 is 1.90 bits per heavy atom. The zero-order valence-corrected chi connectivity index (χ0v) is 12.5. The van der Waals surface area contributed by atoms with Crippen molar-refractivity contribution in [2.24, 2.45) is 0 Å². The second kappa shape index (κ2) is 7.04. The molecule has 2 N–H and O–H groups in total. The summed E-state index contributed by atoms with van der Waals surface area (Å²) in [6.07, 6.45) is 1.42. The topological polar surface area (TPSA) is 65.5 Å². The van der Waals surface area contributed by atoms with Crippen molar-refractivity contribution in [1.82, 2.24) is 9.88 Å². The molecule has 0 aliphatic heterocycles. The summed E-state index contributed by atoms with van der Waals surface area (Å²) in [5, 5.41) is 14.1. The van der Waals surface area contributed by atoms with Crippen LogP contribution < -0.4 is 5.32 Å². The molecule has 112 valence electrons. The number of hydrogen-bond acceptors (Lipinski definition) is 4. The first kappa shape index (κ1) is 15.3. The zero-order chi connectivity index (χ0) is 15.2. The van der Waals surface area contributed by atoms with Crippen LogP contribution in [0.15, 0.2) is 30.5 Å². The van der Waals surface area contributed by atoms with Crippen LogP contribution in [0.1, 0.15) is 24.2 Å². The molecule has 21 heavy (non-hydrogen) atoms. The number of carboxylic acid groups (broad SMARTS) is 1. The number of hydrogen-bond donors (Lipinski definition) is 2. The highest BCUT2D eigenvalue weighted by atomic mass is 16.4. The molecule has 0 radical (unpaired) electrons. The molecular weight excluding hydrogens is 266 g/mol. The van der Waals surface area contributed by atoms with E-state index < -0.39 is 5.97 Å². The zero-order valence-electron chi connectivity index (χ0n) is 12.5. The van der Waals surface area contributed by atoms with Crippen molar-refractivity contribution >= 4 is 22.6 Å². The van der Waals surface area contributed by atoms with E-state index in [9.17, 15) is 9.90 Å². The molecular formula is C16H21N3O2.